The van der Waals surface area contributed by atoms with Crippen molar-refractivity contribution < 1.29 is 14.2 Å². The van der Waals surface area contributed by atoms with Crippen LogP contribution in [0.3, 0.4) is 0 Å². The van der Waals surface area contributed by atoms with Crippen LogP contribution in [0.5, 0.6) is 5.75 Å². The Kier molecular flexibility index (Phi) is 6.24. The lowest BCUT2D eigenvalue weighted by atomic mass is 10.0. The molecule has 3 nitrogen and oxygen atoms in total. The average Bonchev–Trinajstić information content (AvgIpc) is 2.18. The SMILES string of the molecule is COc1cccc([C@@H](N)CCO)c1F.Cl. The Bertz CT molecular complexity index is 309. The number of hydrogen-bond acceptors (Lipinski definition) is 3. The van der Waals surface area contributed by atoms with Gasteiger partial charge in [-0.1, -0.05) is 12.1 Å². The van der Waals surface area contributed by atoms with Crippen molar-refractivity contribution in [1.29, 1.82) is 0 Å². The first-order chi connectivity index (χ1) is 6.70. The number of rotatable bonds is 4. The molecule has 1 rings (SSSR count). The summed E-state index contributed by atoms with van der Waals surface area (Å²) < 4.78 is 18.4. The van der Waals surface area contributed by atoms with E-state index < -0.39 is 11.9 Å². The van der Waals surface area contributed by atoms with Crippen LogP contribution in [-0.4, -0.2) is 18.8 Å². The number of ether oxygens (including phenoxy) is 1. The highest BCUT2D eigenvalue weighted by molar-refractivity contribution is 5.85. The van der Waals surface area contributed by atoms with Crippen LogP contribution < -0.4 is 10.5 Å². The first-order valence-electron chi connectivity index (χ1n) is 4.39. The third-order valence-electron chi connectivity index (χ3n) is 2.05. The molecule has 0 fully saturated rings. The van der Waals surface area contributed by atoms with Crippen LogP contribution in [0, 0.1) is 5.82 Å². The largest absolute Gasteiger partial charge is 0.494 e. The molecular formula is C10H15ClFNO2. The molecule has 0 aliphatic rings. The van der Waals surface area contributed by atoms with E-state index in [0.29, 0.717) is 12.0 Å². The van der Waals surface area contributed by atoms with Crippen molar-refractivity contribution in [2.24, 2.45) is 5.73 Å². The molecule has 15 heavy (non-hydrogen) atoms. The monoisotopic (exact) mass is 235 g/mol. The highest BCUT2D eigenvalue weighted by Gasteiger charge is 2.14. The smallest absolute Gasteiger partial charge is 0.169 e. The summed E-state index contributed by atoms with van der Waals surface area (Å²) in [6.07, 6.45) is 0.337. The maximum atomic E-state index is 13.6. The standard InChI is InChI=1S/C10H14FNO2.ClH/c1-14-9-4-2-3-7(10(9)11)8(12)5-6-13;/h2-4,8,13H,5-6,12H2,1H3;1H/t8-;/m0./s1. The Hall–Kier alpha value is -0.840. The van der Waals surface area contributed by atoms with Crippen LogP contribution in [0.25, 0.3) is 0 Å². The molecule has 5 heteroatoms. The van der Waals surface area contributed by atoms with E-state index in [1.165, 1.54) is 13.2 Å². The number of halogens is 2. The van der Waals surface area contributed by atoms with Gasteiger partial charge in [-0.2, -0.15) is 0 Å². The summed E-state index contributed by atoms with van der Waals surface area (Å²) >= 11 is 0. The van der Waals surface area contributed by atoms with Crippen LogP contribution in [0.2, 0.25) is 0 Å². The van der Waals surface area contributed by atoms with Crippen molar-refractivity contribution in [2.45, 2.75) is 12.5 Å². The van der Waals surface area contributed by atoms with Gasteiger partial charge in [0.2, 0.25) is 0 Å². The molecule has 3 N–H and O–H groups in total. The zero-order valence-corrected chi connectivity index (χ0v) is 9.26. The van der Waals surface area contributed by atoms with E-state index in [0.717, 1.165) is 0 Å². The minimum absolute atomic E-state index is 0. The Morgan fingerprint density at radius 2 is 2.20 bits per heavy atom. The molecule has 0 bridgehead atoms. The van der Waals surface area contributed by atoms with E-state index in [4.69, 9.17) is 15.6 Å². The highest BCUT2D eigenvalue weighted by Crippen LogP contribution is 2.24. The first kappa shape index (κ1) is 14.2. The Labute approximate surface area is 94.5 Å². The van der Waals surface area contributed by atoms with Gasteiger partial charge in [0.25, 0.3) is 0 Å². The summed E-state index contributed by atoms with van der Waals surface area (Å²) in [5.74, 6) is -0.271. The van der Waals surface area contributed by atoms with Gasteiger partial charge in [-0.25, -0.2) is 4.39 Å². The summed E-state index contributed by atoms with van der Waals surface area (Å²) in [5, 5.41) is 8.68. The summed E-state index contributed by atoms with van der Waals surface area (Å²) in [6.45, 7) is -0.0577. The predicted octanol–water partition coefficient (Wildman–Crippen LogP) is 1.64. The van der Waals surface area contributed by atoms with Gasteiger partial charge >= 0.3 is 0 Å². The predicted molar refractivity (Wildman–Crippen MR) is 58.8 cm³/mol. The van der Waals surface area contributed by atoms with Gasteiger partial charge in [0.05, 0.1) is 7.11 Å². The lowest BCUT2D eigenvalue weighted by Gasteiger charge is -2.13. The number of nitrogens with two attached hydrogens (primary N) is 1. The molecule has 0 saturated carbocycles. The average molecular weight is 236 g/mol. The number of hydrogen-bond donors (Lipinski definition) is 2. The molecule has 1 aromatic rings. The molecular weight excluding hydrogens is 221 g/mol. The van der Waals surface area contributed by atoms with Gasteiger partial charge in [0, 0.05) is 18.2 Å². The fourth-order valence-corrected chi connectivity index (χ4v) is 1.27. The van der Waals surface area contributed by atoms with E-state index >= 15 is 0 Å². The van der Waals surface area contributed by atoms with Crippen molar-refractivity contribution in [3.05, 3.63) is 29.6 Å². The number of benzene rings is 1. The van der Waals surface area contributed by atoms with E-state index in [-0.39, 0.29) is 24.8 Å². The van der Waals surface area contributed by atoms with Crippen molar-refractivity contribution >= 4 is 12.4 Å². The number of methoxy groups -OCH3 is 1. The third-order valence-corrected chi connectivity index (χ3v) is 2.05. The van der Waals surface area contributed by atoms with Gasteiger partial charge in [0.15, 0.2) is 11.6 Å². The number of aliphatic hydroxyl groups excluding tert-OH is 1. The minimum atomic E-state index is -0.491. The summed E-state index contributed by atoms with van der Waals surface area (Å²) in [5.41, 5.74) is 6.05. The quantitative estimate of drug-likeness (QED) is 0.834. The minimum Gasteiger partial charge on any atom is -0.494 e. The molecule has 0 aliphatic heterocycles. The molecule has 0 aromatic heterocycles. The molecule has 0 heterocycles. The molecule has 86 valence electrons. The van der Waals surface area contributed by atoms with Crippen LogP contribution in [-0.2, 0) is 0 Å². The third kappa shape index (κ3) is 3.34. The van der Waals surface area contributed by atoms with E-state index in [9.17, 15) is 4.39 Å². The van der Waals surface area contributed by atoms with Gasteiger partial charge in [0.1, 0.15) is 0 Å². The van der Waals surface area contributed by atoms with Crippen LogP contribution in [0.15, 0.2) is 18.2 Å². The fraction of sp³-hybridized carbons (Fsp3) is 0.400. The second kappa shape index (κ2) is 6.61. The van der Waals surface area contributed by atoms with Gasteiger partial charge in [-0.3, -0.25) is 0 Å². The number of aliphatic hydroxyl groups is 1. The Morgan fingerprint density at radius 3 is 2.73 bits per heavy atom. The van der Waals surface area contributed by atoms with Crippen molar-refractivity contribution in [1.82, 2.24) is 0 Å². The first-order valence-corrected chi connectivity index (χ1v) is 4.39. The van der Waals surface area contributed by atoms with Gasteiger partial charge < -0.3 is 15.6 Å². The van der Waals surface area contributed by atoms with E-state index in [2.05, 4.69) is 0 Å². The van der Waals surface area contributed by atoms with E-state index in [1.54, 1.807) is 12.1 Å². The van der Waals surface area contributed by atoms with Crippen molar-refractivity contribution in [2.75, 3.05) is 13.7 Å². The van der Waals surface area contributed by atoms with Gasteiger partial charge in [-0.15, -0.1) is 12.4 Å². The maximum Gasteiger partial charge on any atom is 0.169 e. The van der Waals surface area contributed by atoms with Crippen LogP contribution in [0.4, 0.5) is 4.39 Å². The summed E-state index contributed by atoms with van der Waals surface area (Å²) in [7, 11) is 1.40. The van der Waals surface area contributed by atoms with Gasteiger partial charge in [-0.05, 0) is 12.5 Å². The summed E-state index contributed by atoms with van der Waals surface area (Å²) in [4.78, 5) is 0. The molecule has 0 spiro atoms. The normalized spacial score (nSPS) is 11.7. The zero-order valence-electron chi connectivity index (χ0n) is 8.44. The lowest BCUT2D eigenvalue weighted by Crippen LogP contribution is -2.14. The Morgan fingerprint density at radius 1 is 1.53 bits per heavy atom. The maximum absolute atomic E-state index is 13.6. The highest BCUT2D eigenvalue weighted by atomic mass is 35.5. The Balaban J connectivity index is 0.00000196. The molecule has 0 amide bonds. The molecule has 1 aromatic carbocycles. The molecule has 0 unspecified atom stereocenters. The second-order valence-corrected chi connectivity index (χ2v) is 2.98. The summed E-state index contributed by atoms with van der Waals surface area (Å²) in [6, 6.07) is 4.31. The van der Waals surface area contributed by atoms with Crippen molar-refractivity contribution in [3.63, 3.8) is 0 Å². The molecule has 1 atom stereocenters. The van der Waals surface area contributed by atoms with Crippen LogP contribution >= 0.6 is 12.4 Å². The second-order valence-electron chi connectivity index (χ2n) is 2.98. The fourth-order valence-electron chi connectivity index (χ4n) is 1.27. The van der Waals surface area contributed by atoms with Crippen molar-refractivity contribution in [3.8, 4) is 5.75 Å². The molecule has 0 aliphatic carbocycles. The molecule has 0 radical (unpaired) electrons. The molecule has 0 saturated heterocycles. The zero-order chi connectivity index (χ0) is 10.6. The topological polar surface area (TPSA) is 55.5 Å². The lowest BCUT2D eigenvalue weighted by molar-refractivity contribution is 0.275. The van der Waals surface area contributed by atoms with E-state index in [1.807, 2.05) is 0 Å². The van der Waals surface area contributed by atoms with Crippen LogP contribution in [0.1, 0.15) is 18.0 Å².